The molecule has 0 amide bonds. The number of nitrogens with zero attached hydrogens (tertiary/aromatic N) is 2. The molecule has 1 saturated heterocycles. The van der Waals surface area contributed by atoms with Crippen molar-refractivity contribution in [3.63, 3.8) is 0 Å². The van der Waals surface area contributed by atoms with Crippen LogP contribution in [0.1, 0.15) is 18.9 Å². The van der Waals surface area contributed by atoms with Gasteiger partial charge in [-0.05, 0) is 25.5 Å². The summed E-state index contributed by atoms with van der Waals surface area (Å²) >= 11 is 6.27. The number of aromatic nitrogens is 2. The Kier molecular flexibility index (Phi) is 3.35. The highest BCUT2D eigenvalue weighted by Gasteiger charge is 2.18. The second-order valence-corrected chi connectivity index (χ2v) is 5.07. The number of imidazole rings is 1. The summed E-state index contributed by atoms with van der Waals surface area (Å²) in [4.78, 5) is 4.29. The van der Waals surface area contributed by atoms with Crippen molar-refractivity contribution in [2.45, 2.75) is 18.9 Å². The molecular formula is C14H16ClN3. The number of piperidine rings is 1. The van der Waals surface area contributed by atoms with E-state index in [1.54, 1.807) is 0 Å². The zero-order chi connectivity index (χ0) is 12.4. The Hall–Kier alpha value is -1.32. The summed E-state index contributed by atoms with van der Waals surface area (Å²) in [5.74, 6) is 0. The summed E-state index contributed by atoms with van der Waals surface area (Å²) in [6.07, 6.45) is 6.22. The van der Waals surface area contributed by atoms with Crippen molar-refractivity contribution in [2.75, 3.05) is 13.1 Å². The SMILES string of the molecule is Clc1ccccc1-c1cncn1C1CCCNC1. The maximum absolute atomic E-state index is 6.27. The van der Waals surface area contributed by atoms with E-state index in [4.69, 9.17) is 11.6 Å². The van der Waals surface area contributed by atoms with Crippen LogP contribution in [0.4, 0.5) is 0 Å². The average Bonchev–Trinajstić information content (AvgIpc) is 2.89. The molecule has 94 valence electrons. The first kappa shape index (κ1) is 11.8. The van der Waals surface area contributed by atoms with Crippen LogP contribution in [0.25, 0.3) is 11.3 Å². The Labute approximate surface area is 112 Å². The molecular weight excluding hydrogens is 246 g/mol. The van der Waals surface area contributed by atoms with Crippen LogP contribution in [-0.2, 0) is 0 Å². The van der Waals surface area contributed by atoms with Gasteiger partial charge in [-0.2, -0.15) is 0 Å². The van der Waals surface area contributed by atoms with Crippen LogP contribution in [0.5, 0.6) is 0 Å². The highest BCUT2D eigenvalue weighted by molar-refractivity contribution is 6.33. The standard InChI is InChI=1S/C14H16ClN3/c15-13-6-2-1-5-12(13)14-9-17-10-18(14)11-4-3-7-16-8-11/h1-2,5-6,9-11,16H,3-4,7-8H2. The van der Waals surface area contributed by atoms with E-state index in [1.807, 2.05) is 36.8 Å². The summed E-state index contributed by atoms with van der Waals surface area (Å²) in [5, 5.41) is 4.22. The molecule has 4 heteroatoms. The third kappa shape index (κ3) is 2.16. The number of benzene rings is 1. The first-order valence-electron chi connectivity index (χ1n) is 6.34. The van der Waals surface area contributed by atoms with Crippen LogP contribution >= 0.6 is 11.6 Å². The monoisotopic (exact) mass is 261 g/mol. The minimum atomic E-state index is 0.479. The molecule has 0 bridgehead atoms. The number of halogens is 1. The fourth-order valence-corrected chi connectivity index (χ4v) is 2.78. The molecule has 1 aliphatic rings. The highest BCUT2D eigenvalue weighted by Crippen LogP contribution is 2.30. The molecule has 1 aromatic carbocycles. The van der Waals surface area contributed by atoms with Gasteiger partial charge in [0.2, 0.25) is 0 Å². The predicted octanol–water partition coefficient (Wildman–Crippen LogP) is 3.13. The van der Waals surface area contributed by atoms with E-state index in [0.29, 0.717) is 6.04 Å². The van der Waals surface area contributed by atoms with Gasteiger partial charge in [0.05, 0.1) is 18.2 Å². The lowest BCUT2D eigenvalue weighted by Crippen LogP contribution is -2.31. The Balaban J connectivity index is 1.98. The second kappa shape index (κ2) is 5.12. The maximum atomic E-state index is 6.27. The minimum Gasteiger partial charge on any atom is -0.326 e. The molecule has 0 radical (unpaired) electrons. The minimum absolute atomic E-state index is 0.479. The number of hydrogen-bond donors (Lipinski definition) is 1. The van der Waals surface area contributed by atoms with Gasteiger partial charge in [0.1, 0.15) is 0 Å². The molecule has 0 saturated carbocycles. The first-order valence-corrected chi connectivity index (χ1v) is 6.71. The maximum Gasteiger partial charge on any atom is 0.0954 e. The Morgan fingerprint density at radius 2 is 2.22 bits per heavy atom. The molecule has 18 heavy (non-hydrogen) atoms. The van der Waals surface area contributed by atoms with Crippen molar-refractivity contribution in [3.8, 4) is 11.3 Å². The number of nitrogens with one attached hydrogen (secondary N) is 1. The summed E-state index contributed by atoms with van der Waals surface area (Å²) in [6.45, 7) is 2.13. The van der Waals surface area contributed by atoms with Gasteiger partial charge in [-0.25, -0.2) is 4.98 Å². The van der Waals surface area contributed by atoms with E-state index in [2.05, 4.69) is 14.9 Å². The molecule has 1 N–H and O–H groups in total. The van der Waals surface area contributed by atoms with Crippen molar-refractivity contribution in [2.24, 2.45) is 0 Å². The van der Waals surface area contributed by atoms with Gasteiger partial charge in [0.25, 0.3) is 0 Å². The zero-order valence-corrected chi connectivity index (χ0v) is 10.9. The number of hydrogen-bond acceptors (Lipinski definition) is 2. The van der Waals surface area contributed by atoms with Crippen molar-refractivity contribution in [3.05, 3.63) is 41.8 Å². The Morgan fingerprint density at radius 1 is 1.33 bits per heavy atom. The van der Waals surface area contributed by atoms with Gasteiger partial charge in [0.15, 0.2) is 0 Å². The molecule has 2 aromatic rings. The van der Waals surface area contributed by atoms with Crippen molar-refractivity contribution in [1.82, 2.24) is 14.9 Å². The van der Waals surface area contributed by atoms with Gasteiger partial charge in [-0.15, -0.1) is 0 Å². The molecule has 3 rings (SSSR count). The quantitative estimate of drug-likeness (QED) is 0.900. The van der Waals surface area contributed by atoms with Crippen LogP contribution in [0.2, 0.25) is 5.02 Å². The molecule has 0 aliphatic carbocycles. The van der Waals surface area contributed by atoms with Gasteiger partial charge in [-0.3, -0.25) is 0 Å². The molecule has 2 heterocycles. The lowest BCUT2D eigenvalue weighted by atomic mass is 10.1. The van der Waals surface area contributed by atoms with E-state index < -0.39 is 0 Å². The van der Waals surface area contributed by atoms with Crippen LogP contribution in [0, 0.1) is 0 Å². The van der Waals surface area contributed by atoms with E-state index in [-0.39, 0.29) is 0 Å². The van der Waals surface area contributed by atoms with E-state index in [9.17, 15) is 0 Å². The topological polar surface area (TPSA) is 29.9 Å². The summed E-state index contributed by atoms with van der Waals surface area (Å²) in [6, 6.07) is 8.42. The Morgan fingerprint density at radius 3 is 3.00 bits per heavy atom. The largest absolute Gasteiger partial charge is 0.326 e. The van der Waals surface area contributed by atoms with Gasteiger partial charge >= 0.3 is 0 Å². The lowest BCUT2D eigenvalue weighted by molar-refractivity contribution is 0.373. The molecule has 0 spiro atoms. The van der Waals surface area contributed by atoms with Gasteiger partial charge < -0.3 is 9.88 Å². The van der Waals surface area contributed by atoms with Crippen LogP contribution in [0.3, 0.4) is 0 Å². The average molecular weight is 262 g/mol. The fourth-order valence-electron chi connectivity index (χ4n) is 2.54. The lowest BCUT2D eigenvalue weighted by Gasteiger charge is -2.25. The van der Waals surface area contributed by atoms with Crippen molar-refractivity contribution in [1.29, 1.82) is 0 Å². The van der Waals surface area contributed by atoms with E-state index in [0.717, 1.165) is 29.4 Å². The van der Waals surface area contributed by atoms with Crippen LogP contribution in [0.15, 0.2) is 36.8 Å². The summed E-state index contributed by atoms with van der Waals surface area (Å²) < 4.78 is 2.24. The fraction of sp³-hybridized carbons (Fsp3) is 0.357. The third-order valence-corrected chi connectivity index (χ3v) is 3.81. The summed E-state index contributed by atoms with van der Waals surface area (Å²) in [7, 11) is 0. The third-order valence-electron chi connectivity index (χ3n) is 3.48. The smallest absolute Gasteiger partial charge is 0.0954 e. The Bertz CT molecular complexity index is 529. The molecule has 1 unspecified atom stereocenters. The highest BCUT2D eigenvalue weighted by atomic mass is 35.5. The normalized spacial score (nSPS) is 19.9. The van der Waals surface area contributed by atoms with Gasteiger partial charge in [-0.1, -0.05) is 29.8 Å². The van der Waals surface area contributed by atoms with Gasteiger partial charge in [0, 0.05) is 23.2 Å². The predicted molar refractivity (Wildman–Crippen MR) is 73.8 cm³/mol. The van der Waals surface area contributed by atoms with Crippen molar-refractivity contribution >= 4 is 11.6 Å². The molecule has 3 nitrogen and oxygen atoms in total. The first-order chi connectivity index (χ1) is 8.86. The van der Waals surface area contributed by atoms with E-state index in [1.165, 1.54) is 12.8 Å². The van der Waals surface area contributed by atoms with E-state index >= 15 is 0 Å². The van der Waals surface area contributed by atoms with Crippen LogP contribution in [-0.4, -0.2) is 22.6 Å². The van der Waals surface area contributed by atoms with Crippen LogP contribution < -0.4 is 5.32 Å². The molecule has 1 atom stereocenters. The summed E-state index contributed by atoms with van der Waals surface area (Å²) in [5.41, 5.74) is 2.16. The van der Waals surface area contributed by atoms with Crippen molar-refractivity contribution < 1.29 is 0 Å². The second-order valence-electron chi connectivity index (χ2n) is 4.67. The molecule has 1 fully saturated rings. The molecule has 1 aliphatic heterocycles. The number of rotatable bonds is 2. The molecule has 1 aromatic heterocycles. The zero-order valence-electron chi connectivity index (χ0n) is 10.1.